The minimum atomic E-state index is -0.699. The summed E-state index contributed by atoms with van der Waals surface area (Å²) in [6.07, 6.45) is 1.11. The zero-order valence-electron chi connectivity index (χ0n) is 15.8. The second kappa shape index (κ2) is 7.04. The van der Waals surface area contributed by atoms with E-state index in [1.54, 1.807) is 36.3 Å². The molecule has 30 heavy (non-hydrogen) atoms. The van der Waals surface area contributed by atoms with Crippen LogP contribution in [0, 0.1) is 0 Å². The summed E-state index contributed by atoms with van der Waals surface area (Å²) in [5, 5.41) is 0.880. The van der Waals surface area contributed by atoms with Crippen molar-refractivity contribution in [2.75, 3.05) is 7.05 Å². The number of amides is 3. The first kappa shape index (κ1) is 19.0. The molecule has 3 amide bonds. The Morgan fingerprint density at radius 1 is 1.10 bits per heavy atom. The molecule has 0 radical (unpaired) electrons. The minimum Gasteiger partial charge on any atom is -0.423 e. The highest BCUT2D eigenvalue weighted by Crippen LogP contribution is 2.36. The summed E-state index contributed by atoms with van der Waals surface area (Å²) in [5.74, 6) is 0.245. The number of fused-ring (bicyclic) bond motifs is 3. The number of imide groups is 1. The quantitative estimate of drug-likeness (QED) is 0.725. The van der Waals surface area contributed by atoms with Crippen molar-refractivity contribution in [3.05, 3.63) is 75.9 Å². The van der Waals surface area contributed by atoms with Gasteiger partial charge in [-0.25, -0.2) is 9.79 Å². The van der Waals surface area contributed by atoms with Crippen LogP contribution in [0.5, 0.6) is 0 Å². The molecule has 5 rings (SSSR count). The third-order valence-electron chi connectivity index (χ3n) is 5.35. The number of nitrogens with zero attached hydrogens (tertiary/aromatic N) is 4. The average molecular weight is 443 g/mol. The van der Waals surface area contributed by atoms with Gasteiger partial charge in [-0.1, -0.05) is 59.6 Å². The third kappa shape index (κ3) is 2.93. The Labute approximate surface area is 182 Å². The monoisotopic (exact) mass is 442 g/mol. The molecule has 2 unspecified atom stereocenters. The fourth-order valence-corrected chi connectivity index (χ4v) is 4.25. The van der Waals surface area contributed by atoms with E-state index < -0.39 is 18.2 Å². The smallest absolute Gasteiger partial charge is 0.328 e. The molecule has 2 aromatic carbocycles. The van der Waals surface area contributed by atoms with Crippen molar-refractivity contribution in [2.45, 2.75) is 18.8 Å². The zero-order chi connectivity index (χ0) is 21.0. The molecule has 2 atom stereocenters. The van der Waals surface area contributed by atoms with E-state index in [2.05, 4.69) is 4.99 Å². The third-order valence-corrected chi connectivity index (χ3v) is 5.94. The molecule has 0 spiro atoms. The molecule has 0 saturated carbocycles. The van der Waals surface area contributed by atoms with Gasteiger partial charge in [0.1, 0.15) is 0 Å². The Bertz CT molecular complexity index is 1120. The second-order valence-electron chi connectivity index (χ2n) is 7.19. The molecule has 0 aliphatic carbocycles. The number of urea groups is 1. The lowest BCUT2D eigenvalue weighted by Crippen LogP contribution is -2.63. The van der Waals surface area contributed by atoms with Gasteiger partial charge in [-0.3, -0.25) is 14.6 Å². The van der Waals surface area contributed by atoms with E-state index in [-0.39, 0.29) is 12.5 Å². The van der Waals surface area contributed by atoms with Gasteiger partial charge >= 0.3 is 6.03 Å². The molecule has 3 aliphatic rings. The van der Waals surface area contributed by atoms with E-state index in [1.807, 2.05) is 30.3 Å². The number of ether oxygens (including phenoxy) is 1. The van der Waals surface area contributed by atoms with Crippen LogP contribution in [0.4, 0.5) is 4.79 Å². The number of hydrogen-bond acceptors (Lipinski definition) is 5. The van der Waals surface area contributed by atoms with Gasteiger partial charge in [0.15, 0.2) is 18.0 Å². The molecule has 2 aromatic rings. The molecular formula is C21H16Cl2N4O3. The summed E-state index contributed by atoms with van der Waals surface area (Å²) >= 11 is 12.2. The van der Waals surface area contributed by atoms with Gasteiger partial charge in [0.05, 0.1) is 12.7 Å². The molecule has 3 heterocycles. The maximum absolute atomic E-state index is 13.3. The number of halogens is 2. The Balaban J connectivity index is 1.45. The van der Waals surface area contributed by atoms with E-state index in [0.717, 1.165) is 5.56 Å². The molecule has 1 saturated heterocycles. The van der Waals surface area contributed by atoms with Gasteiger partial charge in [0.25, 0.3) is 11.9 Å². The topological polar surface area (TPSA) is 65.5 Å². The summed E-state index contributed by atoms with van der Waals surface area (Å²) in [4.78, 5) is 35.0. The molecule has 0 bridgehead atoms. The van der Waals surface area contributed by atoms with E-state index >= 15 is 0 Å². The van der Waals surface area contributed by atoms with Crippen LogP contribution in [0.3, 0.4) is 0 Å². The van der Waals surface area contributed by atoms with Crippen molar-refractivity contribution in [2.24, 2.45) is 4.99 Å². The number of carbonyl (C=O) groups is 2. The van der Waals surface area contributed by atoms with Crippen molar-refractivity contribution >= 4 is 46.9 Å². The number of likely N-dealkylation sites (N-methyl/N-ethyl adjacent to an activating group) is 1. The molecule has 0 N–H and O–H groups in total. The molecule has 1 fully saturated rings. The van der Waals surface area contributed by atoms with Crippen LogP contribution in [-0.2, 0) is 16.1 Å². The number of hydrogen-bond donors (Lipinski definition) is 0. The SMILES string of the molecule is CN1C(=O)N(Cc2ccc(Cl)cc2Cl)C(=O)C2C1N=C1OC(c3ccccc3)=CN12. The van der Waals surface area contributed by atoms with Crippen molar-refractivity contribution in [3.63, 3.8) is 0 Å². The second-order valence-corrected chi connectivity index (χ2v) is 8.04. The number of amidine groups is 1. The first-order valence-electron chi connectivity index (χ1n) is 9.27. The summed E-state index contributed by atoms with van der Waals surface area (Å²) in [6.45, 7) is 0.0422. The van der Waals surface area contributed by atoms with Crippen LogP contribution in [-0.4, -0.2) is 51.9 Å². The lowest BCUT2D eigenvalue weighted by atomic mass is 10.1. The first-order valence-corrected chi connectivity index (χ1v) is 10.0. The highest BCUT2D eigenvalue weighted by molar-refractivity contribution is 6.35. The Kier molecular flexibility index (Phi) is 4.45. The van der Waals surface area contributed by atoms with Crippen molar-refractivity contribution in [1.82, 2.24) is 14.7 Å². The minimum absolute atomic E-state index is 0.0422. The Hall–Kier alpha value is -3.03. The van der Waals surface area contributed by atoms with Crippen LogP contribution in [0.25, 0.3) is 5.76 Å². The maximum Gasteiger partial charge on any atom is 0.328 e. The van der Waals surface area contributed by atoms with Crippen molar-refractivity contribution in [1.29, 1.82) is 0 Å². The van der Waals surface area contributed by atoms with Gasteiger partial charge < -0.3 is 9.64 Å². The Morgan fingerprint density at radius 3 is 2.60 bits per heavy atom. The highest BCUT2D eigenvalue weighted by Gasteiger charge is 2.54. The van der Waals surface area contributed by atoms with E-state index in [1.165, 1.54) is 9.80 Å². The van der Waals surface area contributed by atoms with Gasteiger partial charge in [-0.2, -0.15) is 0 Å². The molecule has 7 nitrogen and oxygen atoms in total. The van der Waals surface area contributed by atoms with Gasteiger partial charge in [-0.15, -0.1) is 0 Å². The van der Waals surface area contributed by atoms with Crippen LogP contribution < -0.4 is 0 Å². The van der Waals surface area contributed by atoms with Crippen LogP contribution >= 0.6 is 23.2 Å². The average Bonchev–Trinajstić information content (AvgIpc) is 3.30. The summed E-state index contributed by atoms with van der Waals surface area (Å²) < 4.78 is 5.87. The van der Waals surface area contributed by atoms with E-state index in [0.29, 0.717) is 27.4 Å². The number of carbonyl (C=O) groups excluding carboxylic acids is 2. The predicted octanol–water partition coefficient (Wildman–Crippen LogP) is 3.78. The summed E-state index contributed by atoms with van der Waals surface area (Å²) in [6, 6.07) is 13.7. The van der Waals surface area contributed by atoms with Gasteiger partial charge in [0, 0.05) is 22.7 Å². The Morgan fingerprint density at radius 2 is 1.87 bits per heavy atom. The fourth-order valence-electron chi connectivity index (χ4n) is 3.78. The zero-order valence-corrected chi connectivity index (χ0v) is 17.3. The number of aliphatic imine (C=N–C) groups is 1. The normalized spacial score (nSPS) is 22.6. The number of rotatable bonds is 3. The molecular weight excluding hydrogens is 427 g/mol. The summed E-state index contributed by atoms with van der Waals surface area (Å²) in [5.41, 5.74) is 1.51. The highest BCUT2D eigenvalue weighted by atomic mass is 35.5. The predicted molar refractivity (Wildman–Crippen MR) is 113 cm³/mol. The lowest BCUT2D eigenvalue weighted by Gasteiger charge is -2.39. The van der Waals surface area contributed by atoms with Crippen LogP contribution in [0.2, 0.25) is 10.0 Å². The van der Waals surface area contributed by atoms with E-state index in [9.17, 15) is 9.59 Å². The standard InChI is InChI=1S/C21H16Cl2N4O3/c1-25-18-17(26-11-16(30-20(26)24-18)12-5-3-2-4-6-12)19(28)27(21(25)29)10-13-7-8-14(22)9-15(13)23/h2-9,11,17-18H,10H2,1H3. The maximum atomic E-state index is 13.3. The van der Waals surface area contributed by atoms with Gasteiger partial charge in [0.2, 0.25) is 0 Å². The van der Waals surface area contributed by atoms with Crippen LogP contribution in [0.1, 0.15) is 11.1 Å². The van der Waals surface area contributed by atoms with Crippen LogP contribution in [0.15, 0.2) is 59.7 Å². The lowest BCUT2D eigenvalue weighted by molar-refractivity contribution is -0.137. The van der Waals surface area contributed by atoms with E-state index in [4.69, 9.17) is 27.9 Å². The van der Waals surface area contributed by atoms with Gasteiger partial charge in [-0.05, 0) is 17.7 Å². The summed E-state index contributed by atoms with van der Waals surface area (Å²) in [7, 11) is 1.62. The van der Waals surface area contributed by atoms with Crippen molar-refractivity contribution < 1.29 is 14.3 Å². The number of benzene rings is 2. The molecule has 0 aromatic heterocycles. The molecule has 3 aliphatic heterocycles. The largest absolute Gasteiger partial charge is 0.423 e. The first-order chi connectivity index (χ1) is 14.4. The molecule has 152 valence electrons. The molecule has 9 heteroatoms. The van der Waals surface area contributed by atoms with Crippen molar-refractivity contribution in [3.8, 4) is 0 Å². The fraction of sp³-hybridized carbons (Fsp3) is 0.190.